The van der Waals surface area contributed by atoms with E-state index in [4.69, 9.17) is 0 Å². The van der Waals surface area contributed by atoms with Crippen molar-refractivity contribution in [3.63, 3.8) is 0 Å². The Balaban J connectivity index is 1.80. The number of hydrogen-bond donors (Lipinski definition) is 2. The fourth-order valence-electron chi connectivity index (χ4n) is 3.93. The van der Waals surface area contributed by atoms with Gasteiger partial charge in [0, 0.05) is 49.5 Å². The van der Waals surface area contributed by atoms with Gasteiger partial charge in [0.15, 0.2) is 0 Å². The molecule has 0 spiro atoms. The Labute approximate surface area is 229 Å². The number of rotatable bonds is 14. The number of benzene rings is 3. The zero-order valence-corrected chi connectivity index (χ0v) is 22.0. The predicted octanol–water partition coefficient (Wildman–Crippen LogP) is 4.64. The van der Waals surface area contributed by atoms with Gasteiger partial charge in [0.2, 0.25) is 0 Å². The highest BCUT2D eigenvalue weighted by Gasteiger charge is 2.20. The van der Waals surface area contributed by atoms with E-state index in [0.29, 0.717) is 37.4 Å². The van der Waals surface area contributed by atoms with Crippen LogP contribution in [0.2, 0.25) is 0 Å². The van der Waals surface area contributed by atoms with Crippen molar-refractivity contribution in [1.82, 2.24) is 10.2 Å². The number of carbonyl (C=O) groups excluding carboxylic acids is 1. The summed E-state index contributed by atoms with van der Waals surface area (Å²) < 4.78 is 0. The number of carbonyl (C=O) groups is 2. The van der Waals surface area contributed by atoms with Crippen LogP contribution >= 0.6 is 11.8 Å². The molecule has 1 atom stereocenters. The number of amides is 1. The van der Waals surface area contributed by atoms with Crippen molar-refractivity contribution in [3.8, 4) is 0 Å². The Morgan fingerprint density at radius 1 is 0.872 bits per heavy atom. The van der Waals surface area contributed by atoms with Crippen molar-refractivity contribution in [2.24, 2.45) is 0 Å². The van der Waals surface area contributed by atoms with E-state index in [0.717, 1.165) is 16.7 Å². The van der Waals surface area contributed by atoms with Gasteiger partial charge < -0.3 is 10.4 Å². The highest BCUT2D eigenvalue weighted by molar-refractivity contribution is 7.98. The first kappa shape index (κ1) is 29.3. The molecule has 11 nitrogen and oxygen atoms in total. The van der Waals surface area contributed by atoms with Gasteiger partial charge in [0.1, 0.15) is 6.04 Å². The van der Waals surface area contributed by atoms with Crippen LogP contribution in [0.5, 0.6) is 0 Å². The molecule has 0 fully saturated rings. The van der Waals surface area contributed by atoms with Gasteiger partial charge in [-0.3, -0.25) is 29.9 Å². The maximum Gasteiger partial charge on any atom is 0.326 e. The fraction of sp³-hybridized carbons (Fsp3) is 0.259. The maximum atomic E-state index is 12.8. The second-order valence-corrected chi connectivity index (χ2v) is 9.82. The van der Waals surface area contributed by atoms with Crippen LogP contribution < -0.4 is 5.32 Å². The van der Waals surface area contributed by atoms with Crippen LogP contribution in [-0.2, 0) is 24.4 Å². The Bertz CT molecular complexity index is 1260. The quantitative estimate of drug-likeness (QED) is 0.215. The van der Waals surface area contributed by atoms with Crippen molar-refractivity contribution < 1.29 is 24.5 Å². The molecule has 3 aromatic carbocycles. The molecule has 0 aliphatic rings. The molecular weight excluding hydrogens is 524 g/mol. The first-order valence-corrected chi connectivity index (χ1v) is 13.4. The Morgan fingerprint density at radius 3 is 1.85 bits per heavy atom. The molecule has 0 aromatic heterocycles. The molecule has 0 radical (unpaired) electrons. The van der Waals surface area contributed by atoms with Crippen LogP contribution in [0.4, 0.5) is 11.4 Å². The SMILES string of the molecule is CSCC[C@H](NC(=O)c1cccc(CN(Cc2ccc([N+](=O)[O-])cc2)Cc2ccc([N+](=O)[O-])cc2)c1)C(=O)O. The number of nitro groups is 2. The van der Waals surface area contributed by atoms with Gasteiger partial charge in [-0.05, 0) is 47.3 Å². The van der Waals surface area contributed by atoms with E-state index in [-0.39, 0.29) is 11.4 Å². The van der Waals surface area contributed by atoms with Gasteiger partial charge in [-0.25, -0.2) is 4.79 Å². The molecule has 0 bridgehead atoms. The summed E-state index contributed by atoms with van der Waals surface area (Å²) in [4.78, 5) is 47.5. The highest BCUT2D eigenvalue weighted by atomic mass is 32.2. The Kier molecular flexibility index (Phi) is 10.5. The molecule has 0 unspecified atom stereocenters. The monoisotopic (exact) mass is 552 g/mol. The zero-order chi connectivity index (χ0) is 28.4. The summed E-state index contributed by atoms with van der Waals surface area (Å²) in [5, 5.41) is 34.1. The third kappa shape index (κ3) is 8.90. The second-order valence-electron chi connectivity index (χ2n) is 8.84. The Hall–Kier alpha value is -4.29. The van der Waals surface area contributed by atoms with Crippen molar-refractivity contribution in [1.29, 1.82) is 0 Å². The minimum atomic E-state index is -1.09. The normalized spacial score (nSPS) is 11.6. The highest BCUT2D eigenvalue weighted by Crippen LogP contribution is 2.19. The number of carboxylic acids is 1. The van der Waals surface area contributed by atoms with Crippen LogP contribution in [-0.4, -0.2) is 49.8 Å². The van der Waals surface area contributed by atoms with Gasteiger partial charge in [-0.1, -0.05) is 36.4 Å². The van der Waals surface area contributed by atoms with E-state index >= 15 is 0 Å². The first-order valence-electron chi connectivity index (χ1n) is 12.0. The lowest BCUT2D eigenvalue weighted by molar-refractivity contribution is -0.385. The summed E-state index contributed by atoms with van der Waals surface area (Å²) in [6, 6.07) is 18.3. The number of carboxylic acid groups (broad SMARTS) is 1. The molecule has 39 heavy (non-hydrogen) atoms. The van der Waals surface area contributed by atoms with Gasteiger partial charge in [0.25, 0.3) is 17.3 Å². The summed E-state index contributed by atoms with van der Waals surface area (Å²) in [7, 11) is 0. The minimum Gasteiger partial charge on any atom is -0.480 e. The van der Waals surface area contributed by atoms with E-state index in [1.165, 1.54) is 36.0 Å². The van der Waals surface area contributed by atoms with Crippen molar-refractivity contribution >= 4 is 35.0 Å². The van der Waals surface area contributed by atoms with Crippen LogP contribution in [0.1, 0.15) is 33.5 Å². The van der Waals surface area contributed by atoms with Crippen LogP contribution in [0.25, 0.3) is 0 Å². The fourth-order valence-corrected chi connectivity index (χ4v) is 4.41. The number of non-ortho nitro benzene ring substituents is 2. The van der Waals surface area contributed by atoms with E-state index in [1.54, 1.807) is 42.5 Å². The standard InChI is InChI=1S/C27H28N4O7S/c1-39-14-13-25(27(33)34)28-26(32)22-4-2-3-21(15-22)18-29(16-19-5-9-23(10-6-19)30(35)36)17-20-7-11-24(12-8-20)31(37)38/h2-12,15,25H,13-14,16-18H2,1H3,(H,28,32)(H,33,34)/t25-/m0/s1. The average Bonchev–Trinajstić information content (AvgIpc) is 2.91. The molecule has 2 N–H and O–H groups in total. The van der Waals surface area contributed by atoms with Crippen LogP contribution in [0, 0.1) is 20.2 Å². The second kappa shape index (κ2) is 14.0. The molecule has 3 aromatic rings. The minimum absolute atomic E-state index is 0.0171. The van der Waals surface area contributed by atoms with E-state index < -0.39 is 27.8 Å². The summed E-state index contributed by atoms with van der Waals surface area (Å²) in [6.07, 6.45) is 2.17. The van der Waals surface area contributed by atoms with Crippen molar-refractivity contribution in [3.05, 3.63) is 115 Å². The third-order valence-electron chi connectivity index (χ3n) is 5.92. The van der Waals surface area contributed by atoms with Gasteiger partial charge in [-0.15, -0.1) is 0 Å². The summed E-state index contributed by atoms with van der Waals surface area (Å²) in [5.41, 5.74) is 2.74. The van der Waals surface area contributed by atoms with E-state index in [9.17, 15) is 34.9 Å². The molecule has 0 saturated heterocycles. The van der Waals surface area contributed by atoms with E-state index in [2.05, 4.69) is 5.32 Å². The average molecular weight is 553 g/mol. The maximum absolute atomic E-state index is 12.8. The Morgan fingerprint density at radius 2 is 1.38 bits per heavy atom. The molecular formula is C27H28N4O7S. The summed E-state index contributed by atoms with van der Waals surface area (Å²) in [6.45, 7) is 1.23. The van der Waals surface area contributed by atoms with Crippen LogP contribution in [0.15, 0.2) is 72.8 Å². The molecule has 0 aliphatic carbocycles. The number of nitrogens with one attached hydrogen (secondary N) is 1. The molecule has 0 heterocycles. The third-order valence-corrected chi connectivity index (χ3v) is 6.56. The lowest BCUT2D eigenvalue weighted by Crippen LogP contribution is -2.41. The molecule has 204 valence electrons. The lowest BCUT2D eigenvalue weighted by atomic mass is 10.1. The largest absolute Gasteiger partial charge is 0.480 e. The number of hydrogen-bond acceptors (Lipinski definition) is 8. The van der Waals surface area contributed by atoms with Crippen molar-refractivity contribution in [2.75, 3.05) is 12.0 Å². The smallest absolute Gasteiger partial charge is 0.326 e. The number of nitro benzene ring substituents is 2. The number of thioether (sulfide) groups is 1. The first-order chi connectivity index (χ1) is 18.7. The van der Waals surface area contributed by atoms with E-state index in [1.807, 2.05) is 17.2 Å². The molecule has 0 saturated carbocycles. The van der Waals surface area contributed by atoms with Gasteiger partial charge >= 0.3 is 5.97 Å². The topological polar surface area (TPSA) is 156 Å². The summed E-state index contributed by atoms with van der Waals surface area (Å²) >= 11 is 1.50. The summed E-state index contributed by atoms with van der Waals surface area (Å²) in [5.74, 6) is -0.981. The van der Waals surface area contributed by atoms with Crippen LogP contribution in [0.3, 0.4) is 0 Å². The van der Waals surface area contributed by atoms with Gasteiger partial charge in [-0.2, -0.15) is 11.8 Å². The molecule has 3 rings (SSSR count). The zero-order valence-electron chi connectivity index (χ0n) is 21.2. The molecule has 1 amide bonds. The molecule has 0 aliphatic heterocycles. The number of nitrogens with zero attached hydrogens (tertiary/aromatic N) is 3. The number of aliphatic carboxylic acids is 1. The lowest BCUT2D eigenvalue weighted by Gasteiger charge is -2.23. The van der Waals surface area contributed by atoms with Gasteiger partial charge in [0.05, 0.1) is 9.85 Å². The van der Waals surface area contributed by atoms with Crippen molar-refractivity contribution in [2.45, 2.75) is 32.1 Å². The predicted molar refractivity (Wildman–Crippen MR) is 147 cm³/mol. The molecule has 12 heteroatoms.